The van der Waals surface area contributed by atoms with Gasteiger partial charge in [-0.1, -0.05) is 6.07 Å². The fourth-order valence-corrected chi connectivity index (χ4v) is 2.30. The molecule has 0 saturated carbocycles. The number of aromatic hydroxyl groups is 2. The van der Waals surface area contributed by atoms with Gasteiger partial charge in [0.2, 0.25) is 0 Å². The Morgan fingerprint density at radius 3 is 2.96 bits per heavy atom. The molecule has 23 heavy (non-hydrogen) atoms. The van der Waals surface area contributed by atoms with E-state index in [9.17, 15) is 19.8 Å². The van der Waals surface area contributed by atoms with Crippen LogP contribution in [0.15, 0.2) is 39.4 Å². The largest absolute Gasteiger partial charge is 0.504 e. The lowest BCUT2D eigenvalue weighted by Crippen LogP contribution is -2.19. The van der Waals surface area contributed by atoms with Crippen LogP contribution in [0, 0.1) is 0 Å². The molecule has 1 aromatic carbocycles. The Morgan fingerprint density at radius 1 is 1.43 bits per heavy atom. The van der Waals surface area contributed by atoms with E-state index in [4.69, 9.17) is 4.74 Å². The van der Waals surface area contributed by atoms with Crippen molar-refractivity contribution in [3.63, 3.8) is 0 Å². The van der Waals surface area contributed by atoms with Crippen molar-refractivity contribution in [2.24, 2.45) is 10.2 Å². The van der Waals surface area contributed by atoms with E-state index in [-0.39, 0.29) is 33.7 Å². The molecule has 0 aromatic heterocycles. The molecule has 0 unspecified atom stereocenters. The molecule has 1 aliphatic rings. The number of nitrogens with zero attached hydrogens (tertiary/aromatic N) is 2. The number of amidine groups is 1. The number of thioether (sulfide) groups is 1. The average molecular weight is 335 g/mol. The summed E-state index contributed by atoms with van der Waals surface area (Å²) in [5.41, 5.74) is 0.269. The third kappa shape index (κ3) is 4.33. The summed E-state index contributed by atoms with van der Waals surface area (Å²) < 4.78 is 4.72. The molecule has 0 bridgehead atoms. The van der Waals surface area contributed by atoms with Crippen molar-refractivity contribution in [1.29, 1.82) is 0 Å². The van der Waals surface area contributed by atoms with Gasteiger partial charge in [-0.2, -0.15) is 5.10 Å². The Kier molecular flexibility index (Phi) is 5.36. The first-order valence-electron chi connectivity index (χ1n) is 6.51. The third-order valence-corrected chi connectivity index (χ3v) is 3.48. The van der Waals surface area contributed by atoms with Crippen LogP contribution in [0.5, 0.6) is 11.5 Å². The van der Waals surface area contributed by atoms with Crippen molar-refractivity contribution in [2.45, 2.75) is 6.92 Å². The molecule has 3 N–H and O–H groups in total. The van der Waals surface area contributed by atoms with Gasteiger partial charge in [0.25, 0.3) is 5.91 Å². The van der Waals surface area contributed by atoms with Gasteiger partial charge < -0.3 is 14.9 Å². The summed E-state index contributed by atoms with van der Waals surface area (Å²) in [6, 6.07) is 4.40. The first-order valence-corrected chi connectivity index (χ1v) is 7.32. The molecule has 0 aliphatic carbocycles. The SMILES string of the molecule is CCOC(=O)/C=C1\S/C(=N\N=C/c2cccc(O)c2O)NC1=O. The maximum Gasteiger partial charge on any atom is 0.332 e. The van der Waals surface area contributed by atoms with Crippen molar-refractivity contribution < 1.29 is 24.5 Å². The molecule has 1 heterocycles. The van der Waals surface area contributed by atoms with Gasteiger partial charge in [-0.05, 0) is 30.8 Å². The van der Waals surface area contributed by atoms with Gasteiger partial charge >= 0.3 is 5.97 Å². The van der Waals surface area contributed by atoms with Crippen LogP contribution in [0.25, 0.3) is 0 Å². The summed E-state index contributed by atoms with van der Waals surface area (Å²) in [5.74, 6) is -1.68. The molecule has 0 radical (unpaired) electrons. The highest BCUT2D eigenvalue weighted by Crippen LogP contribution is 2.27. The Balaban J connectivity index is 2.07. The first-order chi connectivity index (χ1) is 11.0. The fraction of sp³-hybridized carbons (Fsp3) is 0.143. The number of hydrogen-bond donors (Lipinski definition) is 3. The lowest BCUT2D eigenvalue weighted by atomic mass is 10.2. The highest BCUT2D eigenvalue weighted by atomic mass is 32.2. The minimum atomic E-state index is -0.611. The second-order valence-corrected chi connectivity index (χ2v) is 5.21. The number of hydrogen-bond acceptors (Lipinski definition) is 8. The Labute approximate surface area is 135 Å². The maximum atomic E-state index is 11.6. The summed E-state index contributed by atoms with van der Waals surface area (Å²) in [6.45, 7) is 1.88. The minimum Gasteiger partial charge on any atom is -0.504 e. The van der Waals surface area contributed by atoms with Crippen LogP contribution in [-0.2, 0) is 14.3 Å². The predicted octanol–water partition coefficient (Wildman–Crippen LogP) is 1.10. The number of esters is 1. The quantitative estimate of drug-likeness (QED) is 0.249. The van der Waals surface area contributed by atoms with E-state index in [0.717, 1.165) is 17.8 Å². The topological polar surface area (TPSA) is 121 Å². The minimum absolute atomic E-state index is 0.151. The molecule has 1 aliphatic heterocycles. The van der Waals surface area contributed by atoms with Crippen molar-refractivity contribution in [3.8, 4) is 11.5 Å². The van der Waals surface area contributed by atoms with Gasteiger partial charge in [0.15, 0.2) is 16.7 Å². The molecule has 1 amide bonds. The lowest BCUT2D eigenvalue weighted by molar-refractivity contribution is -0.137. The number of benzene rings is 1. The third-order valence-electron chi connectivity index (χ3n) is 2.58. The number of ether oxygens (including phenoxy) is 1. The summed E-state index contributed by atoms with van der Waals surface area (Å²) in [7, 11) is 0. The second kappa shape index (κ2) is 7.45. The van der Waals surface area contributed by atoms with Crippen LogP contribution in [0.3, 0.4) is 0 Å². The van der Waals surface area contributed by atoms with E-state index < -0.39 is 11.9 Å². The molecular formula is C14H13N3O5S. The number of amides is 1. The number of para-hydroxylation sites is 1. The normalized spacial score (nSPS) is 17.9. The zero-order chi connectivity index (χ0) is 16.8. The molecule has 2 rings (SSSR count). The molecule has 9 heteroatoms. The Bertz CT molecular complexity index is 727. The Hall–Kier alpha value is -2.81. The van der Waals surface area contributed by atoms with E-state index in [2.05, 4.69) is 15.5 Å². The first kappa shape index (κ1) is 16.6. The van der Waals surface area contributed by atoms with E-state index in [1.54, 1.807) is 6.92 Å². The number of rotatable bonds is 4. The smallest absolute Gasteiger partial charge is 0.332 e. The lowest BCUT2D eigenvalue weighted by Gasteiger charge is -1.99. The van der Waals surface area contributed by atoms with E-state index in [1.165, 1.54) is 24.4 Å². The standard InChI is InChI=1S/C14H13N3O5S/c1-2-22-11(19)6-10-13(21)16-14(23-10)17-15-7-8-4-3-5-9(18)12(8)20/h3-7,18,20H,2H2,1H3,(H,16,17,21)/b10-6-,15-7-. The van der Waals surface area contributed by atoms with Gasteiger partial charge in [-0.15, -0.1) is 5.10 Å². The maximum absolute atomic E-state index is 11.6. The number of nitrogens with one attached hydrogen (secondary N) is 1. The van der Waals surface area contributed by atoms with Crippen LogP contribution < -0.4 is 5.32 Å². The van der Waals surface area contributed by atoms with Crippen molar-refractivity contribution in [1.82, 2.24) is 5.32 Å². The van der Waals surface area contributed by atoms with Crippen LogP contribution >= 0.6 is 11.8 Å². The van der Waals surface area contributed by atoms with Crippen LogP contribution in [-0.4, -0.2) is 40.1 Å². The molecule has 0 atom stereocenters. The van der Waals surface area contributed by atoms with Crippen LogP contribution in [0.1, 0.15) is 12.5 Å². The Morgan fingerprint density at radius 2 is 2.22 bits per heavy atom. The van der Waals surface area contributed by atoms with Gasteiger partial charge in [0, 0.05) is 11.6 Å². The number of carbonyl (C=O) groups is 2. The summed E-state index contributed by atoms with van der Waals surface area (Å²) >= 11 is 0.939. The van der Waals surface area contributed by atoms with Crippen molar-refractivity contribution in [2.75, 3.05) is 6.61 Å². The van der Waals surface area contributed by atoms with E-state index in [0.29, 0.717) is 0 Å². The zero-order valence-corrected chi connectivity index (χ0v) is 12.8. The summed E-state index contributed by atoms with van der Waals surface area (Å²) in [6.07, 6.45) is 2.30. The highest BCUT2D eigenvalue weighted by Gasteiger charge is 2.25. The molecule has 1 saturated heterocycles. The van der Waals surface area contributed by atoms with E-state index in [1.807, 2.05) is 0 Å². The number of phenolic OH excluding ortho intramolecular Hbond substituents is 2. The molecule has 0 spiro atoms. The monoisotopic (exact) mass is 335 g/mol. The van der Waals surface area contributed by atoms with Gasteiger partial charge in [0.1, 0.15) is 0 Å². The zero-order valence-electron chi connectivity index (χ0n) is 12.0. The highest BCUT2D eigenvalue weighted by molar-refractivity contribution is 8.18. The molecule has 1 fully saturated rings. The number of carbonyl (C=O) groups excluding carboxylic acids is 2. The van der Waals surface area contributed by atoms with Gasteiger partial charge in [-0.25, -0.2) is 4.79 Å². The number of phenols is 2. The summed E-state index contributed by atoms with van der Waals surface area (Å²) in [5, 5.41) is 29.1. The fourth-order valence-electron chi connectivity index (χ4n) is 1.56. The molecule has 1 aromatic rings. The average Bonchev–Trinajstić information content (AvgIpc) is 2.84. The molecular weight excluding hydrogens is 322 g/mol. The summed E-state index contributed by atoms with van der Waals surface area (Å²) in [4.78, 5) is 23.1. The predicted molar refractivity (Wildman–Crippen MR) is 85.3 cm³/mol. The van der Waals surface area contributed by atoms with E-state index >= 15 is 0 Å². The van der Waals surface area contributed by atoms with Gasteiger partial charge in [-0.3, -0.25) is 10.1 Å². The molecule has 120 valence electrons. The second-order valence-electron chi connectivity index (χ2n) is 4.18. The van der Waals surface area contributed by atoms with Crippen molar-refractivity contribution >= 4 is 35.0 Å². The van der Waals surface area contributed by atoms with Gasteiger partial charge in [0.05, 0.1) is 17.7 Å². The van der Waals surface area contributed by atoms with Crippen molar-refractivity contribution in [3.05, 3.63) is 34.7 Å². The van der Waals surface area contributed by atoms with Crippen LogP contribution in [0.4, 0.5) is 0 Å². The van der Waals surface area contributed by atoms with Crippen LogP contribution in [0.2, 0.25) is 0 Å². The molecule has 8 nitrogen and oxygen atoms in total.